The lowest BCUT2D eigenvalue weighted by Crippen LogP contribution is -2.01. The van der Waals surface area contributed by atoms with Crippen LogP contribution in [0.15, 0.2) is 18.5 Å². The van der Waals surface area contributed by atoms with Gasteiger partial charge in [-0.25, -0.2) is 0 Å². The lowest BCUT2D eigenvalue weighted by Gasteiger charge is -1.97. The molecule has 0 aliphatic heterocycles. The molecule has 0 spiro atoms. The molecule has 0 aromatic carbocycles. The predicted octanol–water partition coefficient (Wildman–Crippen LogP) is 1.38. The van der Waals surface area contributed by atoms with Crippen LogP contribution in [0.4, 0.5) is 8.78 Å². The van der Waals surface area contributed by atoms with Crippen LogP contribution in [0.1, 0.15) is 12.1 Å². The van der Waals surface area contributed by atoms with Crippen LogP contribution in [0, 0.1) is 0 Å². The molecule has 0 bridgehead atoms. The molecule has 11 heavy (non-hydrogen) atoms. The summed E-state index contributed by atoms with van der Waals surface area (Å²) in [4.78, 5) is 0. The zero-order chi connectivity index (χ0) is 8.27. The average molecular weight is 160 g/mol. The summed E-state index contributed by atoms with van der Waals surface area (Å²) in [6.45, 7) is -1.95. The first-order valence-corrected chi connectivity index (χ1v) is 3.38. The number of aromatic nitrogens is 1. The Morgan fingerprint density at radius 3 is 2.73 bits per heavy atom. The van der Waals surface area contributed by atoms with E-state index in [0.29, 0.717) is 13.0 Å². The van der Waals surface area contributed by atoms with E-state index >= 15 is 0 Å². The molecule has 0 amide bonds. The van der Waals surface area contributed by atoms with Gasteiger partial charge in [0.05, 0.1) is 0 Å². The van der Waals surface area contributed by atoms with E-state index in [0.717, 1.165) is 10.1 Å². The summed E-state index contributed by atoms with van der Waals surface area (Å²) in [5, 5.41) is 0. The minimum Gasteiger partial charge on any atom is -0.330 e. The highest BCUT2D eigenvalue weighted by molar-refractivity contribution is 5.10. The molecule has 0 radical (unpaired) electrons. The minimum absolute atomic E-state index is 0.493. The van der Waals surface area contributed by atoms with Gasteiger partial charge in [-0.2, -0.15) is 8.78 Å². The second-order valence-electron chi connectivity index (χ2n) is 2.28. The standard InChI is InChI=1S/C7H10F2N2/c8-7(9)11-4-2-6(5-11)1-3-10/h2,4-5,7H,1,3,10H2. The van der Waals surface area contributed by atoms with E-state index in [2.05, 4.69) is 0 Å². The Bertz CT molecular complexity index is 220. The number of halogens is 2. The Hall–Kier alpha value is -0.900. The van der Waals surface area contributed by atoms with Gasteiger partial charge in [0.15, 0.2) is 0 Å². The summed E-state index contributed by atoms with van der Waals surface area (Å²) in [7, 11) is 0. The summed E-state index contributed by atoms with van der Waals surface area (Å²) in [6, 6.07) is 1.65. The van der Waals surface area contributed by atoms with Crippen molar-refractivity contribution in [3.8, 4) is 0 Å². The second-order valence-corrected chi connectivity index (χ2v) is 2.28. The minimum atomic E-state index is -2.44. The SMILES string of the molecule is NCCc1ccn(C(F)F)c1. The average Bonchev–Trinajstić information content (AvgIpc) is 2.37. The van der Waals surface area contributed by atoms with Crippen molar-refractivity contribution in [2.45, 2.75) is 13.0 Å². The Labute approximate surface area is 63.6 Å². The summed E-state index contributed by atoms with van der Waals surface area (Å²) in [5.74, 6) is 0. The summed E-state index contributed by atoms with van der Waals surface area (Å²) >= 11 is 0. The molecule has 0 saturated carbocycles. The molecule has 0 aliphatic rings. The van der Waals surface area contributed by atoms with E-state index < -0.39 is 6.55 Å². The molecule has 2 nitrogen and oxygen atoms in total. The number of rotatable bonds is 3. The molecule has 0 aliphatic carbocycles. The molecule has 62 valence electrons. The highest BCUT2D eigenvalue weighted by Crippen LogP contribution is 2.11. The summed E-state index contributed by atoms with van der Waals surface area (Å²) in [6.07, 6.45) is 3.42. The number of hydrogen-bond donors (Lipinski definition) is 1. The fourth-order valence-corrected chi connectivity index (χ4v) is 0.895. The molecule has 1 rings (SSSR count). The van der Waals surface area contributed by atoms with Gasteiger partial charge in [0, 0.05) is 12.4 Å². The highest BCUT2D eigenvalue weighted by Gasteiger charge is 2.04. The van der Waals surface area contributed by atoms with Gasteiger partial charge in [-0.05, 0) is 24.6 Å². The van der Waals surface area contributed by atoms with Crippen molar-refractivity contribution in [2.24, 2.45) is 5.73 Å². The molecule has 0 saturated heterocycles. The third-order valence-electron chi connectivity index (χ3n) is 1.43. The van der Waals surface area contributed by atoms with Crippen molar-refractivity contribution in [3.05, 3.63) is 24.0 Å². The zero-order valence-corrected chi connectivity index (χ0v) is 6.00. The van der Waals surface area contributed by atoms with Crippen LogP contribution >= 0.6 is 0 Å². The van der Waals surface area contributed by atoms with E-state index in [9.17, 15) is 8.78 Å². The molecule has 0 unspecified atom stereocenters. The van der Waals surface area contributed by atoms with Crippen LogP contribution in [-0.2, 0) is 6.42 Å². The maximum atomic E-state index is 12.0. The number of nitrogens with zero attached hydrogens (tertiary/aromatic N) is 1. The third-order valence-corrected chi connectivity index (χ3v) is 1.43. The fourth-order valence-electron chi connectivity index (χ4n) is 0.895. The smallest absolute Gasteiger partial charge is 0.318 e. The molecule has 1 aromatic heterocycles. The van der Waals surface area contributed by atoms with E-state index in [-0.39, 0.29) is 0 Å². The van der Waals surface area contributed by atoms with Gasteiger partial charge >= 0.3 is 6.55 Å². The number of alkyl halides is 2. The summed E-state index contributed by atoms with van der Waals surface area (Å²) < 4.78 is 24.8. The molecular weight excluding hydrogens is 150 g/mol. The maximum Gasteiger partial charge on any atom is 0.318 e. The summed E-state index contributed by atoms with van der Waals surface area (Å²) in [5.41, 5.74) is 6.10. The Morgan fingerprint density at radius 2 is 2.27 bits per heavy atom. The van der Waals surface area contributed by atoms with Crippen LogP contribution < -0.4 is 5.73 Å². The van der Waals surface area contributed by atoms with Gasteiger partial charge in [0.2, 0.25) is 0 Å². The first-order chi connectivity index (χ1) is 5.24. The van der Waals surface area contributed by atoms with E-state index in [4.69, 9.17) is 5.73 Å². The van der Waals surface area contributed by atoms with Gasteiger partial charge in [-0.15, -0.1) is 0 Å². The van der Waals surface area contributed by atoms with Crippen LogP contribution in [-0.4, -0.2) is 11.1 Å². The molecule has 0 atom stereocenters. The number of nitrogens with two attached hydrogens (primary N) is 1. The molecule has 1 aromatic rings. The topological polar surface area (TPSA) is 30.9 Å². The Kier molecular flexibility index (Phi) is 2.59. The molecule has 2 N–H and O–H groups in total. The molecule has 1 heterocycles. The lowest BCUT2D eigenvalue weighted by molar-refractivity contribution is 0.0706. The molecule has 0 fully saturated rings. The van der Waals surface area contributed by atoms with Crippen LogP contribution in [0.25, 0.3) is 0 Å². The van der Waals surface area contributed by atoms with E-state index in [1.807, 2.05) is 0 Å². The van der Waals surface area contributed by atoms with Gasteiger partial charge < -0.3 is 5.73 Å². The first-order valence-electron chi connectivity index (χ1n) is 3.38. The lowest BCUT2D eigenvalue weighted by atomic mass is 10.2. The quantitative estimate of drug-likeness (QED) is 0.711. The Morgan fingerprint density at radius 1 is 1.55 bits per heavy atom. The van der Waals surface area contributed by atoms with Crippen molar-refractivity contribution in [2.75, 3.05) is 6.54 Å². The monoisotopic (exact) mass is 160 g/mol. The van der Waals surface area contributed by atoms with Crippen LogP contribution in [0.5, 0.6) is 0 Å². The largest absolute Gasteiger partial charge is 0.330 e. The van der Waals surface area contributed by atoms with Gasteiger partial charge in [0.25, 0.3) is 0 Å². The fraction of sp³-hybridized carbons (Fsp3) is 0.429. The van der Waals surface area contributed by atoms with Crippen molar-refractivity contribution in [1.82, 2.24) is 4.57 Å². The number of hydrogen-bond acceptors (Lipinski definition) is 1. The molecule has 4 heteroatoms. The third kappa shape index (κ3) is 2.01. The van der Waals surface area contributed by atoms with Crippen molar-refractivity contribution < 1.29 is 8.78 Å². The predicted molar refractivity (Wildman–Crippen MR) is 38.4 cm³/mol. The van der Waals surface area contributed by atoms with Crippen LogP contribution in [0.2, 0.25) is 0 Å². The highest BCUT2D eigenvalue weighted by atomic mass is 19.3. The van der Waals surface area contributed by atoms with E-state index in [1.54, 1.807) is 6.07 Å². The normalized spacial score (nSPS) is 10.9. The Balaban J connectivity index is 2.66. The van der Waals surface area contributed by atoms with Crippen molar-refractivity contribution >= 4 is 0 Å². The first kappa shape index (κ1) is 8.20. The van der Waals surface area contributed by atoms with Crippen molar-refractivity contribution in [3.63, 3.8) is 0 Å². The van der Waals surface area contributed by atoms with Gasteiger partial charge in [-0.3, -0.25) is 4.57 Å². The maximum absolute atomic E-state index is 12.0. The van der Waals surface area contributed by atoms with Crippen molar-refractivity contribution in [1.29, 1.82) is 0 Å². The second kappa shape index (κ2) is 3.48. The van der Waals surface area contributed by atoms with E-state index in [1.165, 1.54) is 12.4 Å². The van der Waals surface area contributed by atoms with Gasteiger partial charge in [0.1, 0.15) is 0 Å². The van der Waals surface area contributed by atoms with Crippen LogP contribution in [0.3, 0.4) is 0 Å². The van der Waals surface area contributed by atoms with Gasteiger partial charge in [-0.1, -0.05) is 0 Å². The zero-order valence-electron chi connectivity index (χ0n) is 6.00. The molecular formula is C7H10F2N2.